The van der Waals surface area contributed by atoms with Crippen molar-refractivity contribution < 1.29 is 28.5 Å². The Hall–Kier alpha value is -2.42. The Bertz CT molecular complexity index is 950. The summed E-state index contributed by atoms with van der Waals surface area (Å²) in [5.41, 5.74) is -0.964. The van der Waals surface area contributed by atoms with Crippen LogP contribution in [-0.4, -0.2) is 107 Å². The number of carbonyl (C=O) groups excluding carboxylic acids is 5. The van der Waals surface area contributed by atoms with Crippen molar-refractivity contribution in [3.8, 4) is 0 Å². The summed E-state index contributed by atoms with van der Waals surface area (Å²) in [7, 11) is 1.33. The minimum absolute atomic E-state index is 0.172. The van der Waals surface area contributed by atoms with Crippen LogP contribution in [0.25, 0.3) is 0 Å². The first-order valence-electron chi connectivity index (χ1n) is 14.6. The summed E-state index contributed by atoms with van der Waals surface area (Å²) in [6.07, 6.45) is 0.994. The van der Waals surface area contributed by atoms with Gasteiger partial charge < -0.3 is 36.0 Å². The minimum Gasteiger partial charge on any atom is -0.353 e. The summed E-state index contributed by atoms with van der Waals surface area (Å²) < 4.78 is 11.3. The average Bonchev–Trinajstić information content (AvgIpc) is 3.38. The number of amides is 5. The number of nitrogens with zero attached hydrogens (tertiary/aromatic N) is 2. The molecule has 1 aliphatic rings. The fourth-order valence-electron chi connectivity index (χ4n) is 4.55. The fraction of sp³-hybridized carbons (Fsp3) is 0.821. The molecule has 0 aliphatic carbocycles. The topological polar surface area (TPSA) is 172 Å². The van der Waals surface area contributed by atoms with Gasteiger partial charge in [0.05, 0.1) is 18.3 Å². The van der Waals surface area contributed by atoms with Crippen LogP contribution in [0.15, 0.2) is 0 Å². The van der Waals surface area contributed by atoms with Gasteiger partial charge in [-0.25, -0.2) is 9.10 Å². The third kappa shape index (κ3) is 11.3. The van der Waals surface area contributed by atoms with Gasteiger partial charge >= 0.3 is 6.03 Å². The number of nitrogens with one attached hydrogen (secondary N) is 5. The molecule has 6 N–H and O–H groups in total. The van der Waals surface area contributed by atoms with E-state index in [2.05, 4.69) is 26.6 Å². The highest BCUT2D eigenvalue weighted by molar-refractivity contribution is 7.91. The predicted octanol–water partition coefficient (Wildman–Crippen LogP) is 1.35. The predicted molar refractivity (Wildman–Crippen MR) is 164 cm³/mol. The van der Waals surface area contributed by atoms with Crippen LogP contribution < -0.4 is 26.6 Å². The average molecular weight is 616 g/mol. The molecule has 13 nitrogen and oxygen atoms in total. The minimum atomic E-state index is -1.05. The normalized spacial score (nSPS) is 17.9. The number of likely N-dealkylation sites (tertiary alicyclic amines) is 1. The number of hydrogen-bond donors (Lipinski definition) is 6. The lowest BCUT2D eigenvalue weighted by molar-refractivity contribution is -0.143. The summed E-state index contributed by atoms with van der Waals surface area (Å²) in [5, 5.41) is 14.0. The molecule has 0 saturated carbocycles. The smallest absolute Gasteiger partial charge is 0.315 e. The molecule has 0 radical (unpaired) electrons. The second-order valence-corrected chi connectivity index (χ2v) is 13.9. The van der Waals surface area contributed by atoms with Crippen molar-refractivity contribution in [2.24, 2.45) is 10.8 Å². The number of Topliss-reactive ketones (excluding diaryl/α,β-unsaturated/α-hetero) is 1. The zero-order valence-corrected chi connectivity index (χ0v) is 27.7. The van der Waals surface area contributed by atoms with Crippen LogP contribution in [0.4, 0.5) is 4.79 Å². The van der Waals surface area contributed by atoms with Gasteiger partial charge in [-0.05, 0) is 44.4 Å². The van der Waals surface area contributed by atoms with E-state index in [9.17, 15) is 28.5 Å². The van der Waals surface area contributed by atoms with E-state index in [1.807, 2.05) is 59.7 Å². The lowest BCUT2D eigenvalue weighted by Gasteiger charge is -2.37. The van der Waals surface area contributed by atoms with E-state index in [0.29, 0.717) is 51.2 Å². The Morgan fingerprint density at radius 2 is 1.60 bits per heavy atom. The Morgan fingerprint density at radius 3 is 2.10 bits per heavy atom. The molecular formula is C28H53N7O6S. The largest absolute Gasteiger partial charge is 0.353 e. The molecular weight excluding hydrogens is 562 g/mol. The van der Waals surface area contributed by atoms with E-state index >= 15 is 0 Å². The molecule has 0 aromatic heterocycles. The maximum Gasteiger partial charge on any atom is 0.315 e. The number of ketones is 1. The first-order chi connectivity index (χ1) is 19.3. The number of carbonyl (C=O) groups is 5. The van der Waals surface area contributed by atoms with Crippen molar-refractivity contribution in [3.05, 3.63) is 0 Å². The molecule has 14 heteroatoms. The Labute approximate surface area is 255 Å². The van der Waals surface area contributed by atoms with Gasteiger partial charge in [-0.1, -0.05) is 41.5 Å². The van der Waals surface area contributed by atoms with E-state index in [-0.39, 0.29) is 23.4 Å². The van der Waals surface area contributed by atoms with Gasteiger partial charge in [-0.3, -0.25) is 19.2 Å². The zero-order chi connectivity index (χ0) is 32.4. The second kappa shape index (κ2) is 16.4. The van der Waals surface area contributed by atoms with Gasteiger partial charge in [0.25, 0.3) is 5.91 Å². The number of likely N-dealkylation sites (N-methyl/N-ethyl adjacent to an activating group) is 1. The first-order valence-corrected chi connectivity index (χ1v) is 15.3. The van der Waals surface area contributed by atoms with E-state index in [0.717, 1.165) is 0 Å². The van der Waals surface area contributed by atoms with Crippen molar-refractivity contribution in [2.45, 2.75) is 105 Å². The van der Waals surface area contributed by atoms with Crippen molar-refractivity contribution in [1.29, 1.82) is 0 Å². The molecule has 1 rings (SSSR count). The highest BCUT2D eigenvalue weighted by atomic mass is 32.2. The molecule has 1 aliphatic heterocycles. The Kier molecular flexibility index (Phi) is 14.7. The van der Waals surface area contributed by atoms with Crippen LogP contribution in [-0.2, 0) is 19.2 Å². The highest BCUT2D eigenvalue weighted by Crippen LogP contribution is 2.26. The summed E-state index contributed by atoms with van der Waals surface area (Å²) in [5.74, 6) is -2.49. The van der Waals surface area contributed by atoms with Crippen LogP contribution in [0.5, 0.6) is 0 Å². The highest BCUT2D eigenvalue weighted by Gasteiger charge is 2.42. The van der Waals surface area contributed by atoms with Gasteiger partial charge in [0, 0.05) is 45.3 Å². The zero-order valence-electron chi connectivity index (χ0n) is 26.9. The molecule has 1 fully saturated rings. The van der Waals surface area contributed by atoms with Gasteiger partial charge in [-0.15, -0.1) is 0 Å². The number of rotatable bonds is 14. The molecule has 4 atom stereocenters. The van der Waals surface area contributed by atoms with E-state index < -0.39 is 47.2 Å². The Morgan fingerprint density at radius 1 is 0.976 bits per heavy atom. The molecule has 1 heterocycles. The molecule has 5 amide bonds. The maximum absolute atomic E-state index is 13.8. The first kappa shape index (κ1) is 37.6. The number of hydrogen-bond acceptors (Lipinski definition) is 9. The molecule has 1 saturated heterocycles. The van der Waals surface area contributed by atoms with Crippen molar-refractivity contribution in [2.75, 3.05) is 33.2 Å². The third-order valence-corrected chi connectivity index (χ3v) is 8.13. The number of urea groups is 1. The van der Waals surface area contributed by atoms with Crippen LogP contribution in [0.2, 0.25) is 0 Å². The molecule has 0 bridgehead atoms. The van der Waals surface area contributed by atoms with Crippen molar-refractivity contribution in [3.63, 3.8) is 0 Å². The fourth-order valence-corrected chi connectivity index (χ4v) is 4.91. The van der Waals surface area contributed by atoms with Gasteiger partial charge in [0.1, 0.15) is 12.1 Å². The maximum atomic E-state index is 13.8. The summed E-state index contributed by atoms with van der Waals surface area (Å²) in [6, 6.07) is -3.38. The van der Waals surface area contributed by atoms with Gasteiger partial charge in [-0.2, -0.15) is 0 Å². The summed E-state index contributed by atoms with van der Waals surface area (Å²) in [4.78, 5) is 65.3. The molecule has 242 valence electrons. The summed E-state index contributed by atoms with van der Waals surface area (Å²) in [6.45, 7) is 19.0. The standard InChI is InChI=1S/C28H53N7O6S/c1-17(2)35(42-41)15-13-30-16-20(27(4,5)6)32-26(40)33-22(28(7,8)9)25(39)34-14-11-12-19(34)23(37)31-18(3)21(36)24(38)29-10/h17-20,22,30,41H,11-16H2,1-10H3,(H,29,38)(H,31,37)(H2,32,33,40). The third-order valence-electron chi connectivity index (χ3n) is 7.32. The molecule has 4 unspecified atom stereocenters. The van der Waals surface area contributed by atoms with Crippen molar-refractivity contribution in [1.82, 2.24) is 35.8 Å². The van der Waals surface area contributed by atoms with Crippen LogP contribution in [0.3, 0.4) is 0 Å². The van der Waals surface area contributed by atoms with E-state index in [1.54, 1.807) is 0 Å². The van der Waals surface area contributed by atoms with Gasteiger partial charge in [0.2, 0.25) is 17.6 Å². The van der Waals surface area contributed by atoms with Crippen LogP contribution >= 0.6 is 12.2 Å². The molecule has 0 aromatic carbocycles. The molecule has 42 heavy (non-hydrogen) atoms. The van der Waals surface area contributed by atoms with Gasteiger partial charge in [0.15, 0.2) is 0 Å². The molecule has 0 spiro atoms. The van der Waals surface area contributed by atoms with E-state index in [1.165, 1.54) is 18.9 Å². The lowest BCUT2D eigenvalue weighted by Crippen LogP contribution is -2.61. The van der Waals surface area contributed by atoms with Crippen molar-refractivity contribution >= 4 is 41.8 Å². The second-order valence-electron chi connectivity index (χ2n) is 13.2. The summed E-state index contributed by atoms with van der Waals surface area (Å²) >= 11 is 0.705. The quantitative estimate of drug-likeness (QED) is 0.0730. The molecule has 0 aromatic rings. The Balaban J connectivity index is 2.94. The monoisotopic (exact) mass is 615 g/mol. The van der Waals surface area contributed by atoms with Crippen LogP contribution in [0.1, 0.15) is 75.2 Å². The van der Waals surface area contributed by atoms with Crippen LogP contribution in [0, 0.1) is 10.8 Å². The van der Waals surface area contributed by atoms with E-state index in [4.69, 9.17) is 0 Å². The SMILES string of the molecule is CNC(=O)C(=O)C(C)NC(=O)C1CCCN1C(=O)C(NC(=O)NC(CNCCN(SO)C(C)C)C(C)(C)C)C(C)(C)C. The lowest BCUT2D eigenvalue weighted by atomic mass is 9.85.